The van der Waals surface area contributed by atoms with E-state index in [4.69, 9.17) is 0 Å². The number of rotatable bonds is 2. The van der Waals surface area contributed by atoms with Crippen LogP contribution in [0.3, 0.4) is 0 Å². The maximum absolute atomic E-state index is 4.16. The number of H-pyrrole nitrogens is 1. The van der Waals surface area contributed by atoms with Crippen LogP contribution in [0.2, 0.25) is 0 Å². The van der Waals surface area contributed by atoms with Gasteiger partial charge in [0.15, 0.2) is 0 Å². The molecule has 1 N–H and O–H groups in total. The Labute approximate surface area is 76.2 Å². The van der Waals surface area contributed by atoms with Gasteiger partial charge in [0.05, 0.1) is 0 Å². The van der Waals surface area contributed by atoms with E-state index < -0.39 is 0 Å². The maximum atomic E-state index is 4.16. The van der Waals surface area contributed by atoms with Crippen molar-refractivity contribution in [2.24, 2.45) is 5.92 Å². The van der Waals surface area contributed by atoms with Gasteiger partial charge in [0.25, 0.3) is 0 Å². The summed E-state index contributed by atoms with van der Waals surface area (Å²) in [6.45, 7) is 0. The first kappa shape index (κ1) is 7.06. The van der Waals surface area contributed by atoms with Crippen LogP contribution in [0.4, 0.5) is 0 Å². The van der Waals surface area contributed by atoms with Crippen LogP contribution in [-0.2, 0) is 6.42 Å². The number of aromatic amines is 1. The van der Waals surface area contributed by atoms with E-state index in [1.807, 2.05) is 6.07 Å². The van der Waals surface area contributed by atoms with Crippen LogP contribution < -0.4 is 0 Å². The summed E-state index contributed by atoms with van der Waals surface area (Å²) in [7, 11) is 0. The van der Waals surface area contributed by atoms with Crippen molar-refractivity contribution >= 4 is 11.0 Å². The number of fused-ring (bicyclic) bond motifs is 1. The molecular weight excluding hydrogens is 162 g/mol. The van der Waals surface area contributed by atoms with E-state index in [0.717, 1.165) is 17.0 Å². The number of benzene rings is 1. The summed E-state index contributed by atoms with van der Waals surface area (Å²) in [6, 6.07) is 6.21. The third-order valence-corrected chi connectivity index (χ3v) is 2.64. The van der Waals surface area contributed by atoms with Gasteiger partial charge in [-0.3, -0.25) is 0 Å². The minimum absolute atomic E-state index is 0.905. The van der Waals surface area contributed by atoms with Crippen LogP contribution in [-0.4, -0.2) is 15.4 Å². The lowest BCUT2D eigenvalue weighted by Gasteiger charge is -1.98. The number of hydrogen-bond donors (Lipinski definition) is 1. The zero-order valence-electron chi connectivity index (χ0n) is 7.33. The Morgan fingerprint density at radius 1 is 1.31 bits per heavy atom. The van der Waals surface area contributed by atoms with Gasteiger partial charge >= 0.3 is 0 Å². The molecule has 1 fully saturated rings. The van der Waals surface area contributed by atoms with Gasteiger partial charge in [-0.15, -0.1) is 0 Å². The summed E-state index contributed by atoms with van der Waals surface area (Å²) in [5, 5.41) is 10.9. The Bertz CT molecular complexity index is 428. The molecule has 1 aromatic carbocycles. The molecule has 3 nitrogen and oxygen atoms in total. The molecule has 13 heavy (non-hydrogen) atoms. The van der Waals surface area contributed by atoms with E-state index in [-0.39, 0.29) is 0 Å². The van der Waals surface area contributed by atoms with E-state index in [0.29, 0.717) is 0 Å². The molecule has 1 heterocycles. The predicted molar refractivity (Wildman–Crippen MR) is 50.3 cm³/mol. The lowest BCUT2D eigenvalue weighted by atomic mass is 10.1. The van der Waals surface area contributed by atoms with Crippen molar-refractivity contribution in [3.8, 4) is 0 Å². The zero-order chi connectivity index (χ0) is 8.67. The van der Waals surface area contributed by atoms with E-state index in [2.05, 4.69) is 27.5 Å². The first-order valence-electron chi connectivity index (χ1n) is 4.72. The third kappa shape index (κ3) is 1.20. The number of aromatic nitrogens is 3. The Morgan fingerprint density at radius 3 is 3.08 bits per heavy atom. The summed E-state index contributed by atoms with van der Waals surface area (Å²) >= 11 is 0. The fourth-order valence-electron chi connectivity index (χ4n) is 1.72. The van der Waals surface area contributed by atoms with Gasteiger partial charge in [-0.1, -0.05) is 12.1 Å². The average Bonchev–Trinajstić information content (AvgIpc) is 2.83. The summed E-state index contributed by atoms with van der Waals surface area (Å²) in [4.78, 5) is 0. The average molecular weight is 173 g/mol. The van der Waals surface area contributed by atoms with Gasteiger partial charge in [-0.25, -0.2) is 0 Å². The monoisotopic (exact) mass is 173 g/mol. The van der Waals surface area contributed by atoms with Gasteiger partial charge in [0.2, 0.25) is 0 Å². The Kier molecular flexibility index (Phi) is 1.39. The lowest BCUT2D eigenvalue weighted by molar-refractivity contribution is 0.835. The molecule has 0 aliphatic heterocycles. The molecule has 0 saturated heterocycles. The topological polar surface area (TPSA) is 41.6 Å². The Hall–Kier alpha value is -1.38. The smallest absolute Gasteiger partial charge is 0.116 e. The van der Waals surface area contributed by atoms with Crippen LogP contribution >= 0.6 is 0 Å². The summed E-state index contributed by atoms with van der Waals surface area (Å²) < 4.78 is 0. The van der Waals surface area contributed by atoms with Crippen molar-refractivity contribution < 1.29 is 0 Å². The highest BCUT2D eigenvalue weighted by Gasteiger charge is 2.22. The zero-order valence-corrected chi connectivity index (χ0v) is 7.33. The molecule has 1 saturated carbocycles. The van der Waals surface area contributed by atoms with Crippen molar-refractivity contribution in [2.45, 2.75) is 19.3 Å². The minimum atomic E-state index is 0.905. The van der Waals surface area contributed by atoms with Gasteiger partial charge in [-0.2, -0.15) is 15.4 Å². The molecule has 0 radical (unpaired) electrons. The molecule has 0 bridgehead atoms. The first-order valence-corrected chi connectivity index (χ1v) is 4.72. The normalized spacial score (nSPS) is 16.6. The maximum Gasteiger partial charge on any atom is 0.116 e. The quantitative estimate of drug-likeness (QED) is 0.753. The fraction of sp³-hybridized carbons (Fsp3) is 0.400. The minimum Gasteiger partial charge on any atom is -0.197 e. The summed E-state index contributed by atoms with van der Waals surface area (Å²) in [5.74, 6) is 0.905. The number of hydrogen-bond acceptors (Lipinski definition) is 2. The molecule has 66 valence electrons. The molecule has 1 aliphatic carbocycles. The summed E-state index contributed by atoms with van der Waals surface area (Å²) in [5.41, 5.74) is 3.38. The van der Waals surface area contributed by atoms with Crippen LogP contribution in [0.25, 0.3) is 11.0 Å². The highest BCUT2D eigenvalue weighted by atomic mass is 15.3. The van der Waals surface area contributed by atoms with E-state index in [1.165, 1.54) is 24.8 Å². The fourth-order valence-corrected chi connectivity index (χ4v) is 1.72. The molecule has 2 aromatic rings. The molecular formula is C10H11N3. The Morgan fingerprint density at radius 2 is 2.23 bits per heavy atom. The second kappa shape index (κ2) is 2.55. The summed E-state index contributed by atoms with van der Waals surface area (Å²) in [6.07, 6.45) is 3.94. The van der Waals surface area contributed by atoms with Gasteiger partial charge < -0.3 is 0 Å². The number of para-hydroxylation sites is 1. The van der Waals surface area contributed by atoms with Crippen LogP contribution in [0, 0.1) is 5.92 Å². The van der Waals surface area contributed by atoms with E-state index >= 15 is 0 Å². The SMILES string of the molecule is c1cc(CC2CC2)c2n[nH]nc2c1. The van der Waals surface area contributed by atoms with Crippen molar-refractivity contribution in [1.29, 1.82) is 0 Å². The molecule has 0 unspecified atom stereocenters. The molecule has 3 heteroatoms. The second-order valence-electron chi connectivity index (χ2n) is 3.76. The molecule has 3 rings (SSSR count). The van der Waals surface area contributed by atoms with E-state index in [9.17, 15) is 0 Å². The lowest BCUT2D eigenvalue weighted by Crippen LogP contribution is -1.88. The van der Waals surface area contributed by atoms with Crippen LogP contribution in [0.15, 0.2) is 18.2 Å². The highest BCUT2D eigenvalue weighted by Crippen LogP contribution is 2.33. The molecule has 1 aliphatic rings. The van der Waals surface area contributed by atoms with Gasteiger partial charge in [0, 0.05) is 0 Å². The van der Waals surface area contributed by atoms with E-state index in [1.54, 1.807) is 0 Å². The van der Waals surface area contributed by atoms with Crippen molar-refractivity contribution in [2.75, 3.05) is 0 Å². The standard InChI is InChI=1S/C10H11N3/c1-2-8(6-7-4-5-7)10-9(3-1)11-13-12-10/h1-3,7H,4-6H2,(H,11,12,13). The van der Waals surface area contributed by atoms with Crippen molar-refractivity contribution in [1.82, 2.24) is 15.4 Å². The Balaban J connectivity index is 2.09. The number of nitrogens with one attached hydrogen (secondary N) is 1. The molecule has 0 atom stereocenters. The van der Waals surface area contributed by atoms with Crippen molar-refractivity contribution in [3.63, 3.8) is 0 Å². The third-order valence-electron chi connectivity index (χ3n) is 2.64. The molecule has 0 spiro atoms. The molecule has 0 amide bonds. The predicted octanol–water partition coefficient (Wildman–Crippen LogP) is 1.91. The van der Waals surface area contributed by atoms with Crippen LogP contribution in [0.5, 0.6) is 0 Å². The van der Waals surface area contributed by atoms with Gasteiger partial charge in [0.1, 0.15) is 11.0 Å². The largest absolute Gasteiger partial charge is 0.197 e. The van der Waals surface area contributed by atoms with Crippen molar-refractivity contribution in [3.05, 3.63) is 23.8 Å². The highest BCUT2D eigenvalue weighted by molar-refractivity contribution is 5.77. The van der Waals surface area contributed by atoms with Crippen LogP contribution in [0.1, 0.15) is 18.4 Å². The van der Waals surface area contributed by atoms with Gasteiger partial charge in [-0.05, 0) is 36.8 Å². The first-order chi connectivity index (χ1) is 6.43. The second-order valence-corrected chi connectivity index (χ2v) is 3.76. The number of nitrogens with zero attached hydrogens (tertiary/aromatic N) is 2. The molecule has 1 aromatic heterocycles.